The normalized spacial score (nSPS) is 26.7. The number of primary amides is 1. The van der Waals surface area contributed by atoms with E-state index in [-0.39, 0.29) is 41.5 Å². The number of carbonyl (C=O) groups excluding carboxylic acids is 5. The van der Waals surface area contributed by atoms with Gasteiger partial charge in [-0.05, 0) is 60.2 Å². The Morgan fingerprint density at radius 1 is 0.913 bits per heavy atom. The van der Waals surface area contributed by atoms with Gasteiger partial charge in [-0.1, -0.05) is 60.3 Å². The fraction of sp³-hybridized carbons (Fsp3) is 0.844. The van der Waals surface area contributed by atoms with Gasteiger partial charge >= 0.3 is 6.03 Å². The Balaban J connectivity index is 1.57. The number of nitrogens with zero attached hydrogens (tertiary/aromatic N) is 2. The van der Waals surface area contributed by atoms with E-state index in [0.29, 0.717) is 19.4 Å². The zero-order chi connectivity index (χ0) is 34.4. The molecule has 6 atom stereocenters. The number of sulfonamides is 1. The fourth-order valence-corrected chi connectivity index (χ4v) is 8.09. The van der Waals surface area contributed by atoms with Crippen LogP contribution in [0.2, 0.25) is 0 Å². The number of carbonyl (C=O) groups is 5. The molecule has 4 rings (SSSR count). The zero-order valence-electron chi connectivity index (χ0n) is 28.4. The van der Waals surface area contributed by atoms with Crippen LogP contribution in [-0.4, -0.2) is 97.7 Å². The Bertz CT molecular complexity index is 1320. The van der Waals surface area contributed by atoms with Crippen molar-refractivity contribution < 1.29 is 32.4 Å². The molecule has 0 spiro atoms. The summed E-state index contributed by atoms with van der Waals surface area (Å²) in [5, 5.41) is 8.69. The van der Waals surface area contributed by atoms with E-state index in [9.17, 15) is 32.4 Å². The lowest BCUT2D eigenvalue weighted by Crippen LogP contribution is -2.62. The second-order valence-corrected chi connectivity index (χ2v) is 17.8. The van der Waals surface area contributed by atoms with Crippen LogP contribution in [0, 0.1) is 34.5 Å². The highest BCUT2D eigenvalue weighted by Crippen LogP contribution is 2.65. The number of urea groups is 1. The summed E-state index contributed by atoms with van der Waals surface area (Å²) in [7, 11) is -2.03. The minimum absolute atomic E-state index is 0.0524. The van der Waals surface area contributed by atoms with Gasteiger partial charge in [0.15, 0.2) is 0 Å². The summed E-state index contributed by atoms with van der Waals surface area (Å²) in [6, 6.07) is -3.89. The number of amides is 5. The lowest BCUT2D eigenvalue weighted by Gasteiger charge is -2.39. The molecule has 5 amide bonds. The van der Waals surface area contributed by atoms with Gasteiger partial charge in [0.25, 0.3) is 5.91 Å². The van der Waals surface area contributed by atoms with Crippen LogP contribution in [0.4, 0.5) is 4.79 Å². The molecular weight excluding hydrogens is 612 g/mol. The number of hydrogen-bond acceptors (Lipinski definition) is 7. The van der Waals surface area contributed by atoms with Crippen LogP contribution in [-0.2, 0) is 29.2 Å². The number of nitrogens with two attached hydrogens (primary N) is 1. The number of hydrogen-bond donors (Lipinski definition) is 4. The van der Waals surface area contributed by atoms with Crippen LogP contribution in [0.3, 0.4) is 0 Å². The summed E-state index contributed by atoms with van der Waals surface area (Å²) in [6.07, 6.45) is 7.77. The van der Waals surface area contributed by atoms with Gasteiger partial charge in [-0.25, -0.2) is 17.5 Å². The first-order valence-corrected chi connectivity index (χ1v) is 18.5. The van der Waals surface area contributed by atoms with Gasteiger partial charge in [-0.2, -0.15) is 0 Å². The van der Waals surface area contributed by atoms with Crippen molar-refractivity contribution in [2.75, 3.05) is 26.4 Å². The predicted octanol–water partition coefficient (Wildman–Crippen LogP) is 1.36. The maximum absolute atomic E-state index is 14.5. The molecular formula is C32H54N6O7S. The Labute approximate surface area is 273 Å². The third kappa shape index (κ3) is 7.69. The van der Waals surface area contributed by atoms with E-state index in [0.717, 1.165) is 44.8 Å². The number of nitrogens with one attached hydrogen (secondary N) is 3. The van der Waals surface area contributed by atoms with Crippen LogP contribution >= 0.6 is 0 Å². The molecule has 0 radical (unpaired) electrons. The monoisotopic (exact) mass is 666 g/mol. The summed E-state index contributed by atoms with van der Waals surface area (Å²) in [6.45, 7) is 10.2. The Hall–Kier alpha value is -2.74. The number of Topliss-reactive ketones (excluding diaryl/α,β-unsaturated/α-hetero) is 1. The average Bonchev–Trinajstić information content (AvgIpc) is 3.25. The molecule has 1 saturated heterocycles. The smallest absolute Gasteiger partial charge is 0.315 e. The summed E-state index contributed by atoms with van der Waals surface area (Å²) in [5.41, 5.74) is 4.65. The van der Waals surface area contributed by atoms with Crippen molar-refractivity contribution in [2.45, 2.75) is 110 Å². The lowest BCUT2D eigenvalue weighted by molar-refractivity contribution is -0.145. The second-order valence-electron chi connectivity index (χ2n) is 15.8. The molecule has 13 nitrogen and oxygen atoms in total. The van der Waals surface area contributed by atoms with E-state index in [1.807, 2.05) is 20.8 Å². The minimum atomic E-state index is -3.49. The van der Waals surface area contributed by atoms with Crippen molar-refractivity contribution in [2.24, 2.45) is 40.2 Å². The van der Waals surface area contributed by atoms with Crippen molar-refractivity contribution in [3.63, 3.8) is 0 Å². The van der Waals surface area contributed by atoms with E-state index >= 15 is 0 Å². The number of rotatable bonds is 12. The number of ketones is 1. The van der Waals surface area contributed by atoms with E-state index in [4.69, 9.17) is 5.73 Å². The standard InChI is InChI=1S/C32H54N6O7S/c1-31(2,3)21(17-37(6)46(7,44)45)34-30(43)36-24(19-12-9-8-10-13-19)29(42)38-16-20-22(32(20,4)5)25(38)28(41)35-23(18-14-11-15-18)26(39)27(33)40/h18-25H,8-17H2,1-7H3,(H2,33,40)(H,35,41)(H2,34,36,43)/t20-,21+,22-,23?,24-,25-/m0/s1. The summed E-state index contributed by atoms with van der Waals surface area (Å²) >= 11 is 0. The van der Waals surface area contributed by atoms with E-state index < -0.39 is 63.2 Å². The lowest BCUT2D eigenvalue weighted by atomic mass is 9.78. The molecule has 4 aliphatic rings. The highest BCUT2D eigenvalue weighted by molar-refractivity contribution is 7.88. The highest BCUT2D eigenvalue weighted by atomic mass is 32.2. The van der Waals surface area contributed by atoms with Crippen molar-refractivity contribution >= 4 is 39.6 Å². The van der Waals surface area contributed by atoms with Gasteiger partial charge in [-0.3, -0.25) is 19.2 Å². The van der Waals surface area contributed by atoms with Gasteiger partial charge in [0.1, 0.15) is 18.1 Å². The fourth-order valence-electron chi connectivity index (χ4n) is 7.67. The molecule has 0 aromatic rings. The quantitative estimate of drug-likeness (QED) is 0.226. The second kappa shape index (κ2) is 13.4. The minimum Gasteiger partial charge on any atom is -0.363 e. The first-order chi connectivity index (χ1) is 21.2. The zero-order valence-corrected chi connectivity index (χ0v) is 29.2. The van der Waals surface area contributed by atoms with Crippen LogP contribution in [0.15, 0.2) is 0 Å². The summed E-state index contributed by atoms with van der Waals surface area (Å²) in [4.78, 5) is 68.1. The molecule has 1 heterocycles. The first-order valence-electron chi connectivity index (χ1n) is 16.7. The topological polar surface area (TPSA) is 188 Å². The summed E-state index contributed by atoms with van der Waals surface area (Å²) < 4.78 is 25.4. The van der Waals surface area contributed by atoms with Gasteiger partial charge in [-0.15, -0.1) is 0 Å². The van der Waals surface area contributed by atoms with Crippen molar-refractivity contribution in [1.82, 2.24) is 25.2 Å². The number of likely N-dealkylation sites (N-methyl/N-ethyl adjacent to an activating group) is 1. The molecule has 46 heavy (non-hydrogen) atoms. The van der Waals surface area contributed by atoms with Gasteiger partial charge in [0, 0.05) is 26.2 Å². The van der Waals surface area contributed by atoms with Crippen LogP contribution in [0.25, 0.3) is 0 Å². The van der Waals surface area contributed by atoms with Gasteiger partial charge in [0.05, 0.1) is 6.26 Å². The molecule has 0 bridgehead atoms. The van der Waals surface area contributed by atoms with Gasteiger partial charge in [0.2, 0.25) is 27.6 Å². The maximum Gasteiger partial charge on any atom is 0.315 e. The molecule has 3 aliphatic carbocycles. The summed E-state index contributed by atoms with van der Waals surface area (Å²) in [5.74, 6) is -3.08. The van der Waals surface area contributed by atoms with Gasteiger partial charge < -0.3 is 26.6 Å². The molecule has 1 unspecified atom stereocenters. The largest absolute Gasteiger partial charge is 0.363 e. The molecule has 260 valence electrons. The first kappa shape index (κ1) is 36.1. The molecule has 4 fully saturated rings. The Morgan fingerprint density at radius 2 is 1.48 bits per heavy atom. The van der Waals surface area contributed by atoms with Crippen molar-refractivity contribution in [3.8, 4) is 0 Å². The van der Waals surface area contributed by atoms with Crippen molar-refractivity contribution in [1.29, 1.82) is 0 Å². The van der Waals surface area contributed by atoms with E-state index in [2.05, 4.69) is 29.8 Å². The average molecular weight is 667 g/mol. The van der Waals surface area contributed by atoms with Crippen LogP contribution in [0.5, 0.6) is 0 Å². The molecule has 5 N–H and O–H groups in total. The third-order valence-corrected chi connectivity index (χ3v) is 12.5. The maximum atomic E-state index is 14.5. The Kier molecular flexibility index (Phi) is 10.5. The molecule has 0 aromatic heterocycles. The SMILES string of the molecule is CN(C[C@@H](NC(=O)N[C@H](C(=O)N1C[C@H]2[C@@H]([C@H]1C(=O)NC(C(=O)C(N)=O)C1CCC1)C2(C)C)C1CCCCC1)C(C)(C)C)S(C)(=O)=O. The molecule has 14 heteroatoms. The van der Waals surface area contributed by atoms with Crippen LogP contribution in [0.1, 0.15) is 86.0 Å². The van der Waals surface area contributed by atoms with Crippen molar-refractivity contribution in [3.05, 3.63) is 0 Å². The third-order valence-electron chi connectivity index (χ3n) is 11.2. The van der Waals surface area contributed by atoms with Crippen LogP contribution < -0.4 is 21.7 Å². The molecule has 3 saturated carbocycles. The van der Waals surface area contributed by atoms with E-state index in [1.54, 1.807) is 4.90 Å². The highest BCUT2D eigenvalue weighted by Gasteiger charge is 2.70. The molecule has 1 aliphatic heterocycles. The predicted molar refractivity (Wildman–Crippen MR) is 172 cm³/mol. The van der Waals surface area contributed by atoms with E-state index in [1.165, 1.54) is 11.4 Å². The molecule has 0 aromatic carbocycles. The number of fused-ring (bicyclic) bond motifs is 1. The Morgan fingerprint density at radius 3 is 1.98 bits per heavy atom. The number of piperidine rings is 1. The number of likely N-dealkylation sites (tertiary alicyclic amines) is 1.